The zero-order valence-electron chi connectivity index (χ0n) is 10.9. The predicted molar refractivity (Wildman–Crippen MR) is 73.1 cm³/mol. The number of aromatic hydroxyl groups is 1. The second-order valence-electron chi connectivity index (χ2n) is 4.05. The van der Waals surface area contributed by atoms with Crippen molar-refractivity contribution >= 4 is 26.0 Å². The number of nitrogens with one attached hydrogen (secondary N) is 2. The lowest BCUT2D eigenvalue weighted by Crippen LogP contribution is -2.34. The maximum atomic E-state index is 11.9. The van der Waals surface area contributed by atoms with Crippen LogP contribution < -0.4 is 9.44 Å². The quantitative estimate of drug-likeness (QED) is 0.462. The molecule has 0 atom stereocenters. The Kier molecular flexibility index (Phi) is 5.28. The van der Waals surface area contributed by atoms with E-state index in [0.717, 1.165) is 24.5 Å². The number of carboxylic acid groups (broad SMARTS) is 1. The number of benzene rings is 1. The van der Waals surface area contributed by atoms with Gasteiger partial charge in [-0.1, -0.05) is 0 Å². The molecular formula is C10H14N2O7S2. The Bertz CT molecular complexity index is 741. The summed E-state index contributed by atoms with van der Waals surface area (Å²) < 4.78 is 49.6. The topological polar surface area (TPSA) is 150 Å². The number of hydrogen-bond donors (Lipinski definition) is 4. The second kappa shape index (κ2) is 6.39. The van der Waals surface area contributed by atoms with Crippen LogP contribution >= 0.6 is 0 Å². The summed E-state index contributed by atoms with van der Waals surface area (Å²) in [6.45, 7) is -0.360. The molecule has 1 aromatic carbocycles. The minimum absolute atomic E-state index is 0.151. The van der Waals surface area contributed by atoms with Crippen LogP contribution in [0.3, 0.4) is 0 Å². The molecular weight excluding hydrogens is 324 g/mol. The maximum absolute atomic E-state index is 11.9. The lowest BCUT2D eigenvalue weighted by molar-refractivity contribution is 0.0693. The van der Waals surface area contributed by atoms with Gasteiger partial charge in [-0.2, -0.15) is 0 Å². The summed E-state index contributed by atoms with van der Waals surface area (Å²) in [6, 6.07) is 2.80. The van der Waals surface area contributed by atoms with Crippen molar-refractivity contribution in [1.29, 1.82) is 0 Å². The third kappa shape index (κ3) is 5.30. The van der Waals surface area contributed by atoms with E-state index in [0.29, 0.717) is 0 Å². The first kappa shape index (κ1) is 17.4. The summed E-state index contributed by atoms with van der Waals surface area (Å²) in [7, 11) is -7.44. The van der Waals surface area contributed by atoms with E-state index >= 15 is 0 Å². The Morgan fingerprint density at radius 3 is 2.24 bits per heavy atom. The van der Waals surface area contributed by atoms with Crippen molar-refractivity contribution in [1.82, 2.24) is 9.44 Å². The van der Waals surface area contributed by atoms with Gasteiger partial charge in [-0.15, -0.1) is 0 Å². The SMILES string of the molecule is CS(=O)(=O)NCCNS(=O)(=O)c1ccc(O)c(C(=O)O)c1. The van der Waals surface area contributed by atoms with Crippen LogP contribution in [0.25, 0.3) is 0 Å². The first-order valence-corrected chi connectivity index (χ1v) is 8.91. The molecule has 0 aliphatic carbocycles. The molecule has 0 aliphatic rings. The molecule has 0 unspecified atom stereocenters. The van der Waals surface area contributed by atoms with Crippen LogP contribution in [-0.4, -0.2) is 52.4 Å². The molecule has 0 aliphatic heterocycles. The average molecular weight is 338 g/mol. The largest absolute Gasteiger partial charge is 0.507 e. The minimum Gasteiger partial charge on any atom is -0.507 e. The average Bonchev–Trinajstić information content (AvgIpc) is 2.33. The van der Waals surface area contributed by atoms with E-state index in [1.165, 1.54) is 0 Å². The van der Waals surface area contributed by atoms with Gasteiger partial charge >= 0.3 is 5.97 Å². The van der Waals surface area contributed by atoms with Gasteiger partial charge in [0.1, 0.15) is 11.3 Å². The molecule has 0 amide bonds. The van der Waals surface area contributed by atoms with Crippen molar-refractivity contribution in [2.75, 3.05) is 19.3 Å². The lowest BCUT2D eigenvalue weighted by atomic mass is 10.2. The van der Waals surface area contributed by atoms with E-state index in [9.17, 15) is 26.7 Å². The fraction of sp³-hybridized carbons (Fsp3) is 0.300. The number of rotatable bonds is 7. The summed E-state index contributed by atoms with van der Waals surface area (Å²) in [5, 5.41) is 18.1. The van der Waals surface area contributed by atoms with E-state index in [1.54, 1.807) is 0 Å². The molecule has 0 saturated heterocycles. The molecule has 0 aromatic heterocycles. The van der Waals surface area contributed by atoms with Gasteiger partial charge in [0.25, 0.3) is 0 Å². The second-order valence-corrected chi connectivity index (χ2v) is 7.65. The molecule has 0 bridgehead atoms. The van der Waals surface area contributed by atoms with Crippen molar-refractivity contribution in [3.63, 3.8) is 0 Å². The van der Waals surface area contributed by atoms with E-state index in [2.05, 4.69) is 9.44 Å². The lowest BCUT2D eigenvalue weighted by Gasteiger charge is -2.08. The Hall–Kier alpha value is -1.69. The van der Waals surface area contributed by atoms with Crippen molar-refractivity contribution < 1.29 is 31.8 Å². The van der Waals surface area contributed by atoms with Crippen molar-refractivity contribution in [3.8, 4) is 5.75 Å². The summed E-state index contributed by atoms with van der Waals surface area (Å²) in [4.78, 5) is 10.5. The summed E-state index contributed by atoms with van der Waals surface area (Å²) in [5.41, 5.74) is -0.549. The van der Waals surface area contributed by atoms with Crippen LogP contribution in [0.4, 0.5) is 0 Å². The van der Waals surface area contributed by atoms with E-state index in [1.807, 2.05) is 0 Å². The Balaban J connectivity index is 2.84. The van der Waals surface area contributed by atoms with Gasteiger partial charge in [-0.3, -0.25) is 0 Å². The maximum Gasteiger partial charge on any atom is 0.339 e. The number of phenols is 1. The normalized spacial score (nSPS) is 12.2. The number of sulfonamides is 2. The Morgan fingerprint density at radius 1 is 1.14 bits per heavy atom. The van der Waals surface area contributed by atoms with Crippen LogP contribution in [0.5, 0.6) is 5.75 Å². The highest BCUT2D eigenvalue weighted by Gasteiger charge is 2.18. The van der Waals surface area contributed by atoms with E-state index in [-0.39, 0.29) is 18.0 Å². The van der Waals surface area contributed by atoms with Crippen molar-refractivity contribution in [2.24, 2.45) is 0 Å². The Morgan fingerprint density at radius 2 is 1.71 bits per heavy atom. The summed E-state index contributed by atoms with van der Waals surface area (Å²) in [6.07, 6.45) is 0.931. The van der Waals surface area contributed by atoms with Gasteiger partial charge in [0.05, 0.1) is 11.2 Å². The summed E-state index contributed by atoms with van der Waals surface area (Å²) >= 11 is 0. The van der Waals surface area contributed by atoms with Crippen LogP contribution in [-0.2, 0) is 20.0 Å². The third-order valence-electron chi connectivity index (χ3n) is 2.29. The standard InChI is InChI=1S/C10H14N2O7S2/c1-20(16,17)11-4-5-12-21(18,19)7-2-3-9(13)8(6-7)10(14)15/h2-3,6,11-13H,4-5H2,1H3,(H,14,15). The van der Waals surface area contributed by atoms with Gasteiger partial charge in [0, 0.05) is 13.1 Å². The van der Waals surface area contributed by atoms with Crippen LogP contribution in [0.2, 0.25) is 0 Å². The predicted octanol–water partition coefficient (Wildman–Crippen LogP) is -1.08. The molecule has 11 heteroatoms. The monoisotopic (exact) mass is 338 g/mol. The zero-order valence-corrected chi connectivity index (χ0v) is 12.5. The highest BCUT2D eigenvalue weighted by Crippen LogP contribution is 2.21. The number of carbonyl (C=O) groups is 1. The number of carboxylic acids is 1. The molecule has 21 heavy (non-hydrogen) atoms. The van der Waals surface area contributed by atoms with Gasteiger partial charge in [0.2, 0.25) is 20.0 Å². The fourth-order valence-corrected chi connectivity index (χ4v) is 2.89. The molecule has 118 valence electrons. The first-order chi connectivity index (χ1) is 9.53. The fourth-order valence-electron chi connectivity index (χ4n) is 1.36. The van der Waals surface area contributed by atoms with Gasteiger partial charge in [-0.05, 0) is 18.2 Å². The third-order valence-corrected chi connectivity index (χ3v) is 4.48. The van der Waals surface area contributed by atoms with Crippen molar-refractivity contribution in [2.45, 2.75) is 4.90 Å². The molecule has 0 radical (unpaired) electrons. The highest BCUT2D eigenvalue weighted by atomic mass is 32.2. The van der Waals surface area contributed by atoms with Crippen LogP contribution in [0.15, 0.2) is 23.1 Å². The highest BCUT2D eigenvalue weighted by molar-refractivity contribution is 7.89. The molecule has 1 aromatic rings. The zero-order chi connectivity index (χ0) is 16.3. The van der Waals surface area contributed by atoms with Gasteiger partial charge in [-0.25, -0.2) is 31.1 Å². The molecule has 0 heterocycles. The molecule has 4 N–H and O–H groups in total. The van der Waals surface area contributed by atoms with Gasteiger partial charge < -0.3 is 10.2 Å². The summed E-state index contributed by atoms with van der Waals surface area (Å²) in [5.74, 6) is -2.02. The molecule has 0 saturated carbocycles. The minimum atomic E-state index is -4.01. The smallest absolute Gasteiger partial charge is 0.339 e. The van der Waals surface area contributed by atoms with Gasteiger partial charge in [0.15, 0.2) is 0 Å². The molecule has 1 rings (SSSR count). The Labute approximate surface area is 121 Å². The first-order valence-electron chi connectivity index (χ1n) is 5.53. The van der Waals surface area contributed by atoms with Crippen LogP contribution in [0.1, 0.15) is 10.4 Å². The van der Waals surface area contributed by atoms with Crippen molar-refractivity contribution in [3.05, 3.63) is 23.8 Å². The van der Waals surface area contributed by atoms with E-state index in [4.69, 9.17) is 5.11 Å². The molecule has 0 spiro atoms. The number of aromatic carboxylic acids is 1. The molecule has 0 fully saturated rings. The van der Waals surface area contributed by atoms with Crippen LogP contribution in [0, 0.1) is 0 Å². The number of hydrogen-bond acceptors (Lipinski definition) is 6. The molecule has 9 nitrogen and oxygen atoms in total. The van der Waals surface area contributed by atoms with E-state index < -0.39 is 37.3 Å².